The SMILES string of the molecule is CCCC(=O)N1CCc2c(c(C(=O)NCc3ccc(OC)cc3)nn2Cc2ccccn2)C1. The van der Waals surface area contributed by atoms with E-state index >= 15 is 0 Å². The fraction of sp³-hybridized carbons (Fsp3) is 0.360. The molecule has 0 bridgehead atoms. The van der Waals surface area contributed by atoms with Crippen molar-refractivity contribution in [1.29, 1.82) is 0 Å². The largest absolute Gasteiger partial charge is 0.497 e. The number of hydrogen-bond acceptors (Lipinski definition) is 5. The lowest BCUT2D eigenvalue weighted by Crippen LogP contribution is -2.37. The lowest BCUT2D eigenvalue weighted by Gasteiger charge is -2.28. The quantitative estimate of drug-likeness (QED) is 0.574. The van der Waals surface area contributed by atoms with Crippen LogP contribution in [0.25, 0.3) is 0 Å². The Kier molecular flexibility index (Phi) is 7.02. The van der Waals surface area contributed by atoms with Crippen molar-refractivity contribution in [1.82, 2.24) is 25.0 Å². The Morgan fingerprint density at radius 1 is 1.15 bits per heavy atom. The molecular weight excluding hydrogens is 418 g/mol. The Morgan fingerprint density at radius 3 is 2.67 bits per heavy atom. The molecule has 8 nitrogen and oxygen atoms in total. The molecule has 3 heterocycles. The van der Waals surface area contributed by atoms with Crippen molar-refractivity contribution in [2.24, 2.45) is 0 Å². The van der Waals surface area contributed by atoms with E-state index in [-0.39, 0.29) is 11.8 Å². The number of ether oxygens (including phenoxy) is 1. The van der Waals surface area contributed by atoms with E-state index < -0.39 is 0 Å². The highest BCUT2D eigenvalue weighted by Crippen LogP contribution is 2.24. The highest BCUT2D eigenvalue weighted by atomic mass is 16.5. The summed E-state index contributed by atoms with van der Waals surface area (Å²) in [5.41, 5.74) is 4.04. The zero-order valence-electron chi connectivity index (χ0n) is 19.1. The maximum Gasteiger partial charge on any atom is 0.272 e. The van der Waals surface area contributed by atoms with Crippen LogP contribution in [-0.2, 0) is 30.8 Å². The summed E-state index contributed by atoms with van der Waals surface area (Å²) in [4.78, 5) is 31.9. The minimum absolute atomic E-state index is 0.116. The van der Waals surface area contributed by atoms with Gasteiger partial charge in [0.25, 0.3) is 5.91 Å². The zero-order valence-corrected chi connectivity index (χ0v) is 19.1. The van der Waals surface area contributed by atoms with Gasteiger partial charge in [-0.2, -0.15) is 5.10 Å². The van der Waals surface area contributed by atoms with E-state index in [0.29, 0.717) is 44.7 Å². The van der Waals surface area contributed by atoms with Gasteiger partial charge in [-0.05, 0) is 36.2 Å². The lowest BCUT2D eigenvalue weighted by atomic mass is 10.0. The molecule has 2 amide bonds. The molecule has 0 spiro atoms. The standard InChI is InChI=1S/C25H29N5O3/c1-3-6-23(31)29-14-12-22-21(17-29)24(28-30(22)16-19-7-4-5-13-26-19)25(32)27-15-18-8-10-20(33-2)11-9-18/h4-5,7-11,13H,3,6,12,14-17H2,1-2H3,(H,27,32). The molecule has 2 aromatic heterocycles. The molecule has 0 saturated carbocycles. The number of benzene rings is 1. The Labute approximate surface area is 193 Å². The topological polar surface area (TPSA) is 89.4 Å². The van der Waals surface area contributed by atoms with Crippen molar-refractivity contribution in [2.45, 2.75) is 45.8 Å². The van der Waals surface area contributed by atoms with Crippen LogP contribution in [-0.4, -0.2) is 45.1 Å². The van der Waals surface area contributed by atoms with Gasteiger partial charge in [-0.25, -0.2) is 0 Å². The van der Waals surface area contributed by atoms with Crippen molar-refractivity contribution in [3.8, 4) is 5.75 Å². The van der Waals surface area contributed by atoms with Crippen molar-refractivity contribution in [3.63, 3.8) is 0 Å². The van der Waals surface area contributed by atoms with E-state index in [1.54, 1.807) is 13.3 Å². The van der Waals surface area contributed by atoms with Gasteiger partial charge < -0.3 is 15.0 Å². The summed E-state index contributed by atoms with van der Waals surface area (Å²) in [6, 6.07) is 13.3. The van der Waals surface area contributed by atoms with E-state index in [0.717, 1.165) is 34.7 Å². The first-order valence-electron chi connectivity index (χ1n) is 11.3. The second kappa shape index (κ2) is 10.3. The van der Waals surface area contributed by atoms with Crippen molar-refractivity contribution >= 4 is 11.8 Å². The van der Waals surface area contributed by atoms with Gasteiger partial charge in [0.05, 0.1) is 19.3 Å². The molecule has 33 heavy (non-hydrogen) atoms. The molecule has 1 aliphatic heterocycles. The summed E-state index contributed by atoms with van der Waals surface area (Å²) in [5.74, 6) is 0.640. The number of aromatic nitrogens is 3. The number of methoxy groups -OCH3 is 1. The van der Waals surface area contributed by atoms with Gasteiger partial charge in [0.2, 0.25) is 5.91 Å². The molecule has 8 heteroatoms. The van der Waals surface area contributed by atoms with Crippen LogP contribution in [0.15, 0.2) is 48.7 Å². The normalized spacial score (nSPS) is 12.8. The van der Waals surface area contributed by atoms with Crippen molar-refractivity contribution in [2.75, 3.05) is 13.7 Å². The number of carbonyl (C=O) groups is 2. The maximum atomic E-state index is 13.2. The van der Waals surface area contributed by atoms with Crippen LogP contribution in [0.4, 0.5) is 0 Å². The maximum absolute atomic E-state index is 13.2. The molecule has 3 aromatic rings. The Morgan fingerprint density at radius 2 is 1.97 bits per heavy atom. The summed E-state index contributed by atoms with van der Waals surface area (Å²) < 4.78 is 7.05. The van der Waals surface area contributed by atoms with Crippen LogP contribution in [0.1, 0.15) is 52.8 Å². The van der Waals surface area contributed by atoms with Gasteiger partial charge in [0, 0.05) is 49.9 Å². The Hall–Kier alpha value is -3.68. The molecule has 0 atom stereocenters. The third-order valence-corrected chi connectivity index (χ3v) is 5.82. The third-order valence-electron chi connectivity index (χ3n) is 5.82. The van der Waals surface area contributed by atoms with Crippen LogP contribution in [0.3, 0.4) is 0 Å². The predicted molar refractivity (Wildman–Crippen MR) is 124 cm³/mol. The van der Waals surface area contributed by atoms with E-state index in [4.69, 9.17) is 4.74 Å². The number of carbonyl (C=O) groups excluding carboxylic acids is 2. The van der Waals surface area contributed by atoms with Gasteiger partial charge in [-0.3, -0.25) is 19.3 Å². The molecule has 4 rings (SSSR count). The van der Waals surface area contributed by atoms with Gasteiger partial charge in [0.15, 0.2) is 5.69 Å². The van der Waals surface area contributed by atoms with Gasteiger partial charge in [0.1, 0.15) is 5.75 Å². The lowest BCUT2D eigenvalue weighted by molar-refractivity contribution is -0.132. The number of hydrogen-bond donors (Lipinski definition) is 1. The number of rotatable bonds is 8. The van der Waals surface area contributed by atoms with Crippen LogP contribution >= 0.6 is 0 Å². The number of amides is 2. The van der Waals surface area contributed by atoms with E-state index in [9.17, 15) is 9.59 Å². The fourth-order valence-corrected chi connectivity index (χ4v) is 4.04. The fourth-order valence-electron chi connectivity index (χ4n) is 4.04. The number of pyridine rings is 1. The van der Waals surface area contributed by atoms with Crippen LogP contribution in [0.5, 0.6) is 5.75 Å². The molecule has 172 valence electrons. The molecule has 1 N–H and O–H groups in total. The molecule has 0 saturated heterocycles. The number of fused-ring (bicyclic) bond motifs is 1. The van der Waals surface area contributed by atoms with E-state index in [2.05, 4.69) is 15.4 Å². The second-order valence-corrected chi connectivity index (χ2v) is 8.10. The van der Waals surface area contributed by atoms with Gasteiger partial charge in [-0.1, -0.05) is 25.1 Å². The number of nitrogens with one attached hydrogen (secondary N) is 1. The summed E-state index contributed by atoms with van der Waals surface area (Å²) in [7, 11) is 1.62. The Balaban J connectivity index is 1.57. The molecule has 0 unspecified atom stereocenters. The zero-order chi connectivity index (χ0) is 23.2. The average molecular weight is 448 g/mol. The van der Waals surface area contributed by atoms with Crippen LogP contribution < -0.4 is 10.1 Å². The first-order chi connectivity index (χ1) is 16.1. The molecular formula is C25H29N5O3. The highest BCUT2D eigenvalue weighted by Gasteiger charge is 2.30. The molecule has 1 aliphatic rings. The molecule has 0 radical (unpaired) electrons. The Bertz CT molecular complexity index is 1110. The first-order valence-corrected chi connectivity index (χ1v) is 11.3. The number of nitrogens with zero attached hydrogens (tertiary/aromatic N) is 4. The predicted octanol–water partition coefficient (Wildman–Crippen LogP) is 2.95. The highest BCUT2D eigenvalue weighted by molar-refractivity contribution is 5.94. The molecule has 0 fully saturated rings. The summed E-state index contributed by atoms with van der Waals surface area (Å²) in [6.45, 7) is 3.89. The van der Waals surface area contributed by atoms with E-state index in [1.807, 2.05) is 59.0 Å². The second-order valence-electron chi connectivity index (χ2n) is 8.10. The molecule has 0 aliphatic carbocycles. The molecule has 1 aromatic carbocycles. The van der Waals surface area contributed by atoms with Crippen molar-refractivity contribution < 1.29 is 14.3 Å². The van der Waals surface area contributed by atoms with Crippen LogP contribution in [0.2, 0.25) is 0 Å². The summed E-state index contributed by atoms with van der Waals surface area (Å²) in [6.07, 6.45) is 3.72. The smallest absolute Gasteiger partial charge is 0.272 e. The third kappa shape index (κ3) is 5.22. The van der Waals surface area contributed by atoms with E-state index in [1.165, 1.54) is 0 Å². The minimum atomic E-state index is -0.244. The van der Waals surface area contributed by atoms with Crippen molar-refractivity contribution in [3.05, 3.63) is 76.9 Å². The summed E-state index contributed by atoms with van der Waals surface area (Å²) in [5, 5.41) is 7.65. The average Bonchev–Trinajstić information content (AvgIpc) is 3.21. The van der Waals surface area contributed by atoms with Crippen LogP contribution in [0, 0.1) is 0 Å². The van der Waals surface area contributed by atoms with Gasteiger partial charge in [-0.15, -0.1) is 0 Å². The van der Waals surface area contributed by atoms with Gasteiger partial charge >= 0.3 is 0 Å². The summed E-state index contributed by atoms with van der Waals surface area (Å²) >= 11 is 0. The minimum Gasteiger partial charge on any atom is -0.497 e. The first kappa shape index (κ1) is 22.5. The monoisotopic (exact) mass is 447 g/mol.